The van der Waals surface area contributed by atoms with E-state index in [0.29, 0.717) is 0 Å². The van der Waals surface area contributed by atoms with Crippen LogP contribution in [0.25, 0.3) is 75.5 Å². The minimum atomic E-state index is -0.550. The Bertz CT molecular complexity index is 3690. The van der Waals surface area contributed by atoms with Gasteiger partial charge in [-0.2, -0.15) is 0 Å². The predicted molar refractivity (Wildman–Crippen MR) is 269 cm³/mol. The molecule has 3 heteroatoms. The number of anilines is 3. The van der Waals surface area contributed by atoms with Gasteiger partial charge >= 0.3 is 0 Å². The van der Waals surface area contributed by atoms with Gasteiger partial charge in [0.25, 0.3) is 0 Å². The van der Waals surface area contributed by atoms with E-state index in [1.165, 1.54) is 70.2 Å². The van der Waals surface area contributed by atoms with E-state index in [0.717, 1.165) is 44.6 Å². The number of benzene rings is 10. The number of fused-ring (bicyclic) bond motifs is 9. The summed E-state index contributed by atoms with van der Waals surface area (Å²) in [5.74, 6) is 0. The van der Waals surface area contributed by atoms with E-state index in [-0.39, 0.29) is 0 Å². The van der Waals surface area contributed by atoms with Crippen molar-refractivity contribution in [2.75, 3.05) is 4.90 Å². The van der Waals surface area contributed by atoms with Crippen molar-refractivity contribution in [2.45, 2.75) is 5.41 Å². The van der Waals surface area contributed by atoms with Gasteiger partial charge in [-0.15, -0.1) is 11.3 Å². The molecule has 2 heterocycles. The first kappa shape index (κ1) is 36.7. The summed E-state index contributed by atoms with van der Waals surface area (Å²) in [5.41, 5.74) is 16.8. The SMILES string of the molecule is c1ccc(-c2cccc(C3(c4ccc(N(c5ccc6c(c5)sc5ccccc56)c5cccc6oc7ccc(-c8ccccc8)cc7c56)cc4)c4ccccc4-c4ccccc43)c2)cc1. The largest absolute Gasteiger partial charge is 0.456 e. The van der Waals surface area contributed by atoms with Gasteiger partial charge in [0.15, 0.2) is 0 Å². The van der Waals surface area contributed by atoms with Crippen LogP contribution in [0.5, 0.6) is 0 Å². The summed E-state index contributed by atoms with van der Waals surface area (Å²) in [7, 11) is 0. The van der Waals surface area contributed by atoms with Crippen LogP contribution < -0.4 is 4.90 Å². The molecule has 0 saturated carbocycles. The lowest BCUT2D eigenvalue weighted by Crippen LogP contribution is -2.28. The van der Waals surface area contributed by atoms with Crippen molar-refractivity contribution in [3.05, 3.63) is 259 Å². The van der Waals surface area contributed by atoms with Crippen LogP contribution in [0.15, 0.2) is 241 Å². The Hall–Kier alpha value is -7.98. The third kappa shape index (κ3) is 5.58. The van der Waals surface area contributed by atoms with E-state index in [9.17, 15) is 0 Å². The highest BCUT2D eigenvalue weighted by atomic mass is 32.1. The fourth-order valence-electron chi connectivity index (χ4n) is 10.5. The van der Waals surface area contributed by atoms with Crippen molar-refractivity contribution in [3.63, 3.8) is 0 Å². The van der Waals surface area contributed by atoms with Crippen LogP contribution in [0.4, 0.5) is 17.1 Å². The van der Waals surface area contributed by atoms with E-state index < -0.39 is 5.41 Å². The zero-order chi connectivity index (χ0) is 42.2. The van der Waals surface area contributed by atoms with Crippen LogP contribution in [-0.2, 0) is 5.41 Å². The average molecular weight is 834 g/mol. The predicted octanol–water partition coefficient (Wildman–Crippen LogP) is 17.1. The maximum Gasteiger partial charge on any atom is 0.137 e. The van der Waals surface area contributed by atoms with Gasteiger partial charge in [-0.3, -0.25) is 0 Å². The zero-order valence-corrected chi connectivity index (χ0v) is 35.6. The summed E-state index contributed by atoms with van der Waals surface area (Å²) in [6, 6.07) is 86.6. The van der Waals surface area contributed by atoms with Crippen molar-refractivity contribution in [1.82, 2.24) is 0 Å². The summed E-state index contributed by atoms with van der Waals surface area (Å²) >= 11 is 1.85. The molecule has 10 aromatic carbocycles. The number of rotatable bonds is 7. The Labute approximate surface area is 375 Å². The van der Waals surface area contributed by atoms with Gasteiger partial charge in [-0.25, -0.2) is 0 Å². The second kappa shape index (κ2) is 14.6. The Morgan fingerprint density at radius 1 is 0.359 bits per heavy atom. The molecule has 0 radical (unpaired) electrons. The standard InChI is InChI=1S/C61H39NOS/c1-3-15-40(16-4-1)42-19-13-20-45(37-42)61(53-24-10-7-21-48(53)49-22-8-11-25-54(49)61)44-30-32-46(33-31-44)62(47-34-35-51-50-23-9-12-28-58(50)64-59(51)39-47)55-26-14-27-57-60(55)52-38-43(29-36-56(52)63-57)41-17-5-2-6-18-41/h1-39H. The highest BCUT2D eigenvalue weighted by molar-refractivity contribution is 7.25. The first-order chi connectivity index (χ1) is 31.7. The van der Waals surface area contributed by atoms with Crippen molar-refractivity contribution < 1.29 is 4.42 Å². The lowest BCUT2D eigenvalue weighted by molar-refractivity contribution is 0.669. The third-order valence-corrected chi connectivity index (χ3v) is 14.5. The third-order valence-electron chi connectivity index (χ3n) is 13.4. The molecule has 300 valence electrons. The maximum absolute atomic E-state index is 6.65. The summed E-state index contributed by atoms with van der Waals surface area (Å²) < 4.78 is 9.20. The first-order valence-corrected chi connectivity index (χ1v) is 22.7. The van der Waals surface area contributed by atoms with E-state index in [1.54, 1.807) is 0 Å². The summed E-state index contributed by atoms with van der Waals surface area (Å²) in [5, 5.41) is 4.74. The highest BCUT2D eigenvalue weighted by Crippen LogP contribution is 2.57. The van der Waals surface area contributed by atoms with Crippen LogP contribution in [0.1, 0.15) is 22.3 Å². The quantitative estimate of drug-likeness (QED) is 0.159. The molecule has 2 aromatic heterocycles. The van der Waals surface area contributed by atoms with Gasteiger partial charge in [0.1, 0.15) is 11.2 Å². The first-order valence-electron chi connectivity index (χ1n) is 21.9. The van der Waals surface area contributed by atoms with Crippen LogP contribution in [0.2, 0.25) is 0 Å². The molecular formula is C61H39NOS. The van der Waals surface area contributed by atoms with Crippen molar-refractivity contribution >= 4 is 70.5 Å². The molecular weight excluding hydrogens is 795 g/mol. The van der Waals surface area contributed by atoms with Gasteiger partial charge in [0, 0.05) is 36.9 Å². The number of hydrogen-bond acceptors (Lipinski definition) is 3. The van der Waals surface area contributed by atoms with Gasteiger partial charge < -0.3 is 9.32 Å². The summed E-state index contributed by atoms with van der Waals surface area (Å²) in [4.78, 5) is 2.43. The molecule has 0 N–H and O–H groups in total. The smallest absolute Gasteiger partial charge is 0.137 e. The monoisotopic (exact) mass is 833 g/mol. The van der Waals surface area contributed by atoms with Crippen LogP contribution in [0.3, 0.4) is 0 Å². The number of hydrogen-bond donors (Lipinski definition) is 0. The Morgan fingerprint density at radius 2 is 0.969 bits per heavy atom. The zero-order valence-electron chi connectivity index (χ0n) is 34.8. The molecule has 64 heavy (non-hydrogen) atoms. The van der Waals surface area contributed by atoms with E-state index in [4.69, 9.17) is 4.42 Å². The second-order valence-electron chi connectivity index (χ2n) is 16.8. The lowest BCUT2D eigenvalue weighted by atomic mass is 9.67. The fourth-order valence-corrected chi connectivity index (χ4v) is 11.7. The Morgan fingerprint density at radius 3 is 1.72 bits per heavy atom. The summed E-state index contributed by atoms with van der Waals surface area (Å²) in [6.45, 7) is 0. The van der Waals surface area contributed by atoms with Gasteiger partial charge in [-0.1, -0.05) is 176 Å². The molecule has 13 rings (SSSR count). The number of thiophene rings is 1. The molecule has 0 unspecified atom stereocenters. The molecule has 0 saturated heterocycles. The molecule has 1 aliphatic carbocycles. The van der Waals surface area contributed by atoms with E-state index in [2.05, 4.69) is 241 Å². The molecule has 0 bridgehead atoms. The molecule has 0 fully saturated rings. The van der Waals surface area contributed by atoms with Gasteiger partial charge in [0.2, 0.25) is 0 Å². The van der Waals surface area contributed by atoms with Gasteiger partial charge in [-0.05, 0) is 116 Å². The normalized spacial score (nSPS) is 12.8. The fraction of sp³-hybridized carbons (Fsp3) is 0.0164. The van der Waals surface area contributed by atoms with Crippen molar-refractivity contribution in [2.24, 2.45) is 0 Å². The molecule has 1 aliphatic rings. The van der Waals surface area contributed by atoms with Crippen molar-refractivity contribution in [1.29, 1.82) is 0 Å². The highest BCUT2D eigenvalue weighted by Gasteiger charge is 2.46. The maximum atomic E-state index is 6.65. The Kier molecular flexibility index (Phi) is 8.34. The molecule has 0 amide bonds. The Balaban J connectivity index is 1.04. The topological polar surface area (TPSA) is 16.4 Å². The minimum Gasteiger partial charge on any atom is -0.456 e. The number of furan rings is 1. The van der Waals surface area contributed by atoms with Crippen molar-refractivity contribution in [3.8, 4) is 33.4 Å². The van der Waals surface area contributed by atoms with Gasteiger partial charge in [0.05, 0.1) is 16.5 Å². The second-order valence-corrected chi connectivity index (χ2v) is 17.9. The average Bonchev–Trinajstić information content (AvgIpc) is 4.03. The lowest BCUT2D eigenvalue weighted by Gasteiger charge is -2.35. The molecule has 2 nitrogen and oxygen atoms in total. The van der Waals surface area contributed by atoms with E-state index in [1.807, 2.05) is 11.3 Å². The molecule has 0 aliphatic heterocycles. The molecule has 0 spiro atoms. The summed E-state index contributed by atoms with van der Waals surface area (Å²) in [6.07, 6.45) is 0. The minimum absolute atomic E-state index is 0.550. The van der Waals surface area contributed by atoms with Crippen LogP contribution >= 0.6 is 11.3 Å². The molecule has 0 atom stereocenters. The van der Waals surface area contributed by atoms with E-state index >= 15 is 0 Å². The van der Waals surface area contributed by atoms with Crippen LogP contribution in [0, 0.1) is 0 Å². The molecule has 12 aromatic rings. The number of nitrogens with zero attached hydrogens (tertiary/aromatic N) is 1. The van der Waals surface area contributed by atoms with Crippen LogP contribution in [-0.4, -0.2) is 0 Å².